The van der Waals surface area contributed by atoms with Gasteiger partial charge in [0.15, 0.2) is 11.6 Å². The highest BCUT2D eigenvalue weighted by molar-refractivity contribution is 5.99. The Morgan fingerprint density at radius 1 is 1.10 bits per heavy atom. The van der Waals surface area contributed by atoms with Gasteiger partial charge in [-0.05, 0) is 30.3 Å². The maximum atomic E-state index is 13.1. The molecule has 6 heteroatoms. The van der Waals surface area contributed by atoms with E-state index in [1.54, 1.807) is 18.2 Å². The summed E-state index contributed by atoms with van der Waals surface area (Å²) < 4.78 is 31.5. The van der Waals surface area contributed by atoms with Crippen LogP contribution in [0.2, 0.25) is 0 Å². The molecular weight excluding hydrogens is 264 g/mol. The van der Waals surface area contributed by atoms with Crippen molar-refractivity contribution in [2.45, 2.75) is 0 Å². The van der Waals surface area contributed by atoms with E-state index in [1.807, 2.05) is 0 Å². The Balaban J connectivity index is 1.86. The Morgan fingerprint density at radius 2 is 1.95 bits per heavy atom. The van der Waals surface area contributed by atoms with E-state index < -0.39 is 11.6 Å². The molecule has 0 fully saturated rings. The SMILES string of the molecule is Nc1ccc2c(c1)N=C(Nc1ccc(F)c(F)c1)CO2. The molecule has 0 saturated heterocycles. The van der Waals surface area contributed by atoms with Crippen LogP contribution in [0.3, 0.4) is 0 Å². The second-order valence-electron chi connectivity index (χ2n) is 4.33. The van der Waals surface area contributed by atoms with E-state index in [0.717, 1.165) is 12.1 Å². The molecule has 0 aliphatic carbocycles. The van der Waals surface area contributed by atoms with E-state index in [0.29, 0.717) is 28.6 Å². The Labute approximate surface area is 113 Å². The van der Waals surface area contributed by atoms with Crippen LogP contribution in [0, 0.1) is 11.6 Å². The Bertz CT molecular complexity index is 701. The molecule has 0 aromatic heterocycles. The third-order valence-electron chi connectivity index (χ3n) is 2.81. The van der Waals surface area contributed by atoms with E-state index in [-0.39, 0.29) is 6.61 Å². The number of hydrogen-bond acceptors (Lipinski definition) is 4. The number of nitrogens with one attached hydrogen (secondary N) is 1. The average molecular weight is 275 g/mol. The van der Waals surface area contributed by atoms with Crippen LogP contribution in [0.4, 0.5) is 25.8 Å². The fourth-order valence-electron chi connectivity index (χ4n) is 1.87. The third-order valence-corrected chi connectivity index (χ3v) is 2.81. The zero-order valence-electron chi connectivity index (χ0n) is 10.4. The summed E-state index contributed by atoms with van der Waals surface area (Å²) in [5.74, 6) is -0.684. The van der Waals surface area contributed by atoms with Crippen LogP contribution in [-0.4, -0.2) is 12.4 Å². The fraction of sp³-hybridized carbons (Fsp3) is 0.0714. The first-order valence-corrected chi connectivity index (χ1v) is 5.94. The monoisotopic (exact) mass is 275 g/mol. The zero-order chi connectivity index (χ0) is 14.1. The lowest BCUT2D eigenvalue weighted by Crippen LogP contribution is -2.23. The molecule has 20 heavy (non-hydrogen) atoms. The highest BCUT2D eigenvalue weighted by Gasteiger charge is 2.14. The van der Waals surface area contributed by atoms with Crippen molar-refractivity contribution in [3.63, 3.8) is 0 Å². The molecule has 0 spiro atoms. The molecule has 0 amide bonds. The lowest BCUT2D eigenvalue weighted by molar-refractivity contribution is 0.372. The normalized spacial score (nSPS) is 13.2. The summed E-state index contributed by atoms with van der Waals surface area (Å²) in [4.78, 5) is 4.34. The Hall–Kier alpha value is -2.63. The van der Waals surface area contributed by atoms with Crippen molar-refractivity contribution in [1.29, 1.82) is 0 Å². The topological polar surface area (TPSA) is 59.6 Å². The van der Waals surface area contributed by atoms with Crippen LogP contribution in [-0.2, 0) is 0 Å². The quantitative estimate of drug-likeness (QED) is 0.786. The van der Waals surface area contributed by atoms with Gasteiger partial charge in [-0.3, -0.25) is 0 Å². The summed E-state index contributed by atoms with van der Waals surface area (Å²) in [5, 5.41) is 2.89. The standard InChI is InChI=1S/C14H11F2N3O/c15-10-3-2-9(6-11(10)16)18-14-7-20-13-4-1-8(17)5-12(13)19-14/h1-6H,7,17H2,(H,18,19). The predicted molar refractivity (Wildman–Crippen MR) is 73.4 cm³/mol. The van der Waals surface area contributed by atoms with Gasteiger partial charge in [-0.15, -0.1) is 0 Å². The molecule has 0 atom stereocenters. The minimum absolute atomic E-state index is 0.218. The van der Waals surface area contributed by atoms with E-state index >= 15 is 0 Å². The molecule has 3 rings (SSSR count). The van der Waals surface area contributed by atoms with E-state index in [4.69, 9.17) is 10.5 Å². The molecule has 0 bridgehead atoms. The van der Waals surface area contributed by atoms with Gasteiger partial charge in [0.25, 0.3) is 0 Å². The van der Waals surface area contributed by atoms with Crippen LogP contribution in [0.15, 0.2) is 41.4 Å². The van der Waals surface area contributed by atoms with Crippen molar-refractivity contribution in [1.82, 2.24) is 0 Å². The second kappa shape index (κ2) is 4.80. The van der Waals surface area contributed by atoms with Crippen molar-refractivity contribution in [2.24, 2.45) is 4.99 Å². The smallest absolute Gasteiger partial charge is 0.160 e. The number of hydrogen-bond donors (Lipinski definition) is 2. The van der Waals surface area contributed by atoms with Crippen molar-refractivity contribution in [3.05, 3.63) is 48.0 Å². The number of aliphatic imine (C=N–C) groups is 1. The van der Waals surface area contributed by atoms with E-state index in [1.165, 1.54) is 6.07 Å². The molecule has 3 N–H and O–H groups in total. The van der Waals surface area contributed by atoms with Crippen LogP contribution >= 0.6 is 0 Å². The maximum absolute atomic E-state index is 13.1. The van der Waals surface area contributed by atoms with Gasteiger partial charge in [0, 0.05) is 17.4 Å². The van der Waals surface area contributed by atoms with E-state index in [2.05, 4.69) is 10.3 Å². The number of nitrogen functional groups attached to an aromatic ring is 1. The summed E-state index contributed by atoms with van der Waals surface area (Å²) in [6, 6.07) is 8.68. The molecule has 102 valence electrons. The number of halogens is 2. The van der Waals surface area contributed by atoms with Crippen LogP contribution in [0.1, 0.15) is 0 Å². The molecule has 2 aromatic carbocycles. The molecule has 4 nitrogen and oxygen atoms in total. The number of benzene rings is 2. The first-order chi connectivity index (χ1) is 9.61. The Kier molecular flexibility index (Phi) is 2.98. The fourth-order valence-corrected chi connectivity index (χ4v) is 1.87. The molecule has 0 unspecified atom stereocenters. The van der Waals surface area contributed by atoms with Crippen molar-refractivity contribution < 1.29 is 13.5 Å². The number of amidine groups is 1. The van der Waals surface area contributed by atoms with Gasteiger partial charge in [-0.2, -0.15) is 0 Å². The number of ether oxygens (including phenoxy) is 1. The van der Waals surface area contributed by atoms with Gasteiger partial charge in [0.2, 0.25) is 0 Å². The van der Waals surface area contributed by atoms with Gasteiger partial charge in [-0.1, -0.05) is 0 Å². The van der Waals surface area contributed by atoms with E-state index in [9.17, 15) is 8.78 Å². The molecule has 1 heterocycles. The van der Waals surface area contributed by atoms with Crippen LogP contribution in [0.5, 0.6) is 5.75 Å². The van der Waals surface area contributed by atoms with Gasteiger partial charge in [0.1, 0.15) is 23.9 Å². The summed E-state index contributed by atoms with van der Waals surface area (Å²) in [5.41, 5.74) is 7.25. The van der Waals surface area contributed by atoms with Gasteiger partial charge >= 0.3 is 0 Å². The first kappa shape index (κ1) is 12.4. The van der Waals surface area contributed by atoms with Gasteiger partial charge in [0.05, 0.1) is 0 Å². The third kappa shape index (κ3) is 2.40. The maximum Gasteiger partial charge on any atom is 0.160 e. The number of nitrogens with two attached hydrogens (primary N) is 1. The van der Waals surface area contributed by atoms with Crippen molar-refractivity contribution >= 4 is 22.9 Å². The number of nitrogens with zero attached hydrogens (tertiary/aromatic N) is 1. The molecular formula is C14H11F2N3O. The summed E-state index contributed by atoms with van der Waals surface area (Å²) in [7, 11) is 0. The zero-order valence-corrected chi connectivity index (χ0v) is 10.4. The molecule has 1 aliphatic heterocycles. The number of rotatable bonds is 1. The highest BCUT2D eigenvalue weighted by atomic mass is 19.2. The summed E-state index contributed by atoms with van der Waals surface area (Å²) >= 11 is 0. The largest absolute Gasteiger partial charge is 0.483 e. The van der Waals surface area contributed by atoms with Crippen molar-refractivity contribution in [2.75, 3.05) is 17.7 Å². The van der Waals surface area contributed by atoms with Gasteiger partial charge in [-0.25, -0.2) is 13.8 Å². The molecule has 0 saturated carbocycles. The van der Waals surface area contributed by atoms with Gasteiger partial charge < -0.3 is 15.8 Å². The number of fused-ring (bicyclic) bond motifs is 1. The summed E-state index contributed by atoms with van der Waals surface area (Å²) in [6.45, 7) is 0.218. The van der Waals surface area contributed by atoms with Crippen LogP contribution in [0.25, 0.3) is 0 Å². The lowest BCUT2D eigenvalue weighted by atomic mass is 10.2. The van der Waals surface area contributed by atoms with Crippen LogP contribution < -0.4 is 15.8 Å². The first-order valence-electron chi connectivity index (χ1n) is 5.94. The summed E-state index contributed by atoms with van der Waals surface area (Å²) in [6.07, 6.45) is 0. The predicted octanol–water partition coefficient (Wildman–Crippen LogP) is 3.08. The highest BCUT2D eigenvalue weighted by Crippen LogP contribution is 2.32. The molecule has 0 radical (unpaired) electrons. The molecule has 2 aromatic rings. The lowest BCUT2D eigenvalue weighted by Gasteiger charge is -2.18. The van der Waals surface area contributed by atoms with Crippen molar-refractivity contribution in [3.8, 4) is 5.75 Å². The average Bonchev–Trinajstić information content (AvgIpc) is 2.42. The minimum Gasteiger partial charge on any atom is -0.483 e. The Morgan fingerprint density at radius 3 is 2.75 bits per heavy atom. The number of anilines is 2. The second-order valence-corrected chi connectivity index (χ2v) is 4.33. The minimum atomic E-state index is -0.919. The molecule has 1 aliphatic rings.